The van der Waals surface area contributed by atoms with Gasteiger partial charge in [-0.25, -0.2) is 0 Å². The van der Waals surface area contributed by atoms with E-state index in [4.69, 9.17) is 11.6 Å². The van der Waals surface area contributed by atoms with Crippen molar-refractivity contribution in [2.24, 2.45) is 0 Å². The van der Waals surface area contributed by atoms with Gasteiger partial charge in [-0.3, -0.25) is 9.78 Å². The highest BCUT2D eigenvalue weighted by atomic mass is 35.5. The monoisotopic (exact) mass is 276 g/mol. The van der Waals surface area contributed by atoms with Gasteiger partial charge in [-0.2, -0.15) is 0 Å². The van der Waals surface area contributed by atoms with Crippen LogP contribution in [0.4, 0.5) is 0 Å². The summed E-state index contributed by atoms with van der Waals surface area (Å²) in [7, 11) is 0. The number of fused-ring (bicyclic) bond motifs is 1. The van der Waals surface area contributed by atoms with Gasteiger partial charge < -0.3 is 5.32 Å². The van der Waals surface area contributed by atoms with Crippen LogP contribution in [0.15, 0.2) is 30.3 Å². The lowest BCUT2D eigenvalue weighted by atomic mass is 10.1. The highest BCUT2D eigenvalue weighted by Crippen LogP contribution is 2.18. The predicted octanol–water partition coefficient (Wildman–Crippen LogP) is 3.35. The first-order chi connectivity index (χ1) is 9.19. The molecule has 0 saturated carbocycles. The first-order valence-corrected chi connectivity index (χ1v) is 6.88. The van der Waals surface area contributed by atoms with Crippen LogP contribution in [-0.2, 0) is 11.2 Å². The topological polar surface area (TPSA) is 42.0 Å². The number of halogens is 1. The van der Waals surface area contributed by atoms with E-state index >= 15 is 0 Å². The van der Waals surface area contributed by atoms with E-state index in [9.17, 15) is 4.79 Å². The SMILES string of the molecule is CCCNC(=O)CCc1ccc2ccc(Cl)cc2n1. The number of hydrogen-bond acceptors (Lipinski definition) is 2. The number of nitrogens with one attached hydrogen (secondary N) is 1. The first-order valence-electron chi connectivity index (χ1n) is 6.51. The Morgan fingerprint density at radius 3 is 2.89 bits per heavy atom. The number of hydrogen-bond donors (Lipinski definition) is 1. The molecule has 1 aromatic heterocycles. The summed E-state index contributed by atoms with van der Waals surface area (Å²) in [6.45, 7) is 2.77. The molecule has 100 valence electrons. The highest BCUT2D eigenvalue weighted by Gasteiger charge is 2.03. The lowest BCUT2D eigenvalue weighted by Gasteiger charge is -2.04. The number of amides is 1. The maximum Gasteiger partial charge on any atom is 0.220 e. The zero-order valence-electron chi connectivity index (χ0n) is 10.9. The maximum atomic E-state index is 11.5. The molecule has 0 saturated heterocycles. The number of aromatic nitrogens is 1. The number of nitrogens with zero attached hydrogens (tertiary/aromatic N) is 1. The third kappa shape index (κ3) is 3.93. The summed E-state index contributed by atoms with van der Waals surface area (Å²) in [4.78, 5) is 16.1. The number of aryl methyl sites for hydroxylation is 1. The van der Waals surface area contributed by atoms with Crippen LogP contribution in [0.3, 0.4) is 0 Å². The fraction of sp³-hybridized carbons (Fsp3) is 0.333. The molecule has 4 heteroatoms. The minimum atomic E-state index is 0.0786. The number of carbonyl (C=O) groups is 1. The van der Waals surface area contributed by atoms with E-state index in [0.29, 0.717) is 17.9 Å². The van der Waals surface area contributed by atoms with Gasteiger partial charge in [0.25, 0.3) is 0 Å². The Kier molecular flexibility index (Phi) is 4.74. The molecular formula is C15H17ClN2O. The Labute approximate surface area is 118 Å². The summed E-state index contributed by atoms with van der Waals surface area (Å²) >= 11 is 5.95. The van der Waals surface area contributed by atoms with Crippen LogP contribution in [0.1, 0.15) is 25.5 Å². The van der Waals surface area contributed by atoms with Gasteiger partial charge in [0.1, 0.15) is 0 Å². The molecule has 3 nitrogen and oxygen atoms in total. The van der Waals surface area contributed by atoms with Crippen molar-refractivity contribution in [3.8, 4) is 0 Å². The van der Waals surface area contributed by atoms with Crippen molar-refractivity contribution in [3.63, 3.8) is 0 Å². The van der Waals surface area contributed by atoms with Crippen molar-refractivity contribution < 1.29 is 4.79 Å². The largest absolute Gasteiger partial charge is 0.356 e. The van der Waals surface area contributed by atoms with Crippen LogP contribution in [0, 0.1) is 0 Å². The van der Waals surface area contributed by atoms with E-state index < -0.39 is 0 Å². The Morgan fingerprint density at radius 2 is 2.11 bits per heavy atom. The van der Waals surface area contributed by atoms with Crippen LogP contribution in [0.5, 0.6) is 0 Å². The Balaban J connectivity index is 2.03. The van der Waals surface area contributed by atoms with Crippen molar-refractivity contribution in [2.45, 2.75) is 26.2 Å². The standard InChI is InChI=1S/C15H17ClN2O/c1-2-9-17-15(19)8-7-13-6-4-11-3-5-12(16)10-14(11)18-13/h3-6,10H,2,7-9H2,1H3,(H,17,19). The quantitative estimate of drug-likeness (QED) is 0.910. The van der Waals surface area contributed by atoms with Gasteiger partial charge >= 0.3 is 0 Å². The smallest absolute Gasteiger partial charge is 0.220 e. The number of rotatable bonds is 5. The van der Waals surface area contributed by atoms with E-state index in [-0.39, 0.29) is 5.91 Å². The molecule has 2 aromatic rings. The van der Waals surface area contributed by atoms with Crippen LogP contribution in [0.2, 0.25) is 5.02 Å². The molecule has 19 heavy (non-hydrogen) atoms. The van der Waals surface area contributed by atoms with Gasteiger partial charge in [0, 0.05) is 29.1 Å². The fourth-order valence-electron chi connectivity index (χ4n) is 1.87. The van der Waals surface area contributed by atoms with E-state index in [1.165, 1.54) is 0 Å². The van der Waals surface area contributed by atoms with E-state index in [1.807, 2.05) is 37.3 Å². The van der Waals surface area contributed by atoms with E-state index in [1.54, 1.807) is 0 Å². The highest BCUT2D eigenvalue weighted by molar-refractivity contribution is 6.31. The first kappa shape index (κ1) is 13.8. The van der Waals surface area contributed by atoms with Crippen LogP contribution >= 0.6 is 11.6 Å². The summed E-state index contributed by atoms with van der Waals surface area (Å²) in [5, 5.41) is 4.60. The minimum Gasteiger partial charge on any atom is -0.356 e. The predicted molar refractivity (Wildman–Crippen MR) is 78.4 cm³/mol. The molecule has 0 bridgehead atoms. The molecule has 0 aliphatic rings. The zero-order chi connectivity index (χ0) is 13.7. The average molecular weight is 277 g/mol. The number of benzene rings is 1. The molecule has 0 atom stereocenters. The molecular weight excluding hydrogens is 260 g/mol. The van der Waals surface area contributed by atoms with Crippen LogP contribution in [0.25, 0.3) is 10.9 Å². The molecule has 1 aromatic carbocycles. The third-order valence-corrected chi connectivity index (χ3v) is 3.13. The second kappa shape index (κ2) is 6.53. The van der Waals surface area contributed by atoms with Crippen molar-refractivity contribution in [2.75, 3.05) is 6.54 Å². The molecule has 0 aliphatic carbocycles. The van der Waals surface area contributed by atoms with Gasteiger partial charge in [0.2, 0.25) is 5.91 Å². The minimum absolute atomic E-state index is 0.0786. The molecule has 0 unspecified atom stereocenters. The maximum absolute atomic E-state index is 11.5. The zero-order valence-corrected chi connectivity index (χ0v) is 11.7. The Hall–Kier alpha value is -1.61. The van der Waals surface area contributed by atoms with Crippen molar-refractivity contribution in [3.05, 3.63) is 41.0 Å². The second-order valence-electron chi connectivity index (χ2n) is 4.49. The van der Waals surface area contributed by atoms with Crippen LogP contribution in [-0.4, -0.2) is 17.4 Å². The molecule has 0 aliphatic heterocycles. The summed E-state index contributed by atoms with van der Waals surface area (Å²) in [5.74, 6) is 0.0786. The van der Waals surface area contributed by atoms with Gasteiger partial charge in [-0.15, -0.1) is 0 Å². The second-order valence-corrected chi connectivity index (χ2v) is 4.93. The molecule has 1 N–H and O–H groups in total. The summed E-state index contributed by atoms with van der Waals surface area (Å²) < 4.78 is 0. The Bertz CT molecular complexity index is 583. The molecule has 1 amide bonds. The number of carbonyl (C=O) groups excluding carboxylic acids is 1. The Morgan fingerprint density at radius 1 is 1.32 bits per heavy atom. The van der Waals surface area contributed by atoms with E-state index in [2.05, 4.69) is 10.3 Å². The van der Waals surface area contributed by atoms with Crippen molar-refractivity contribution in [1.29, 1.82) is 0 Å². The van der Waals surface area contributed by atoms with Crippen molar-refractivity contribution >= 4 is 28.4 Å². The molecule has 0 fully saturated rings. The molecule has 0 spiro atoms. The van der Waals surface area contributed by atoms with Gasteiger partial charge in [-0.1, -0.05) is 30.7 Å². The summed E-state index contributed by atoms with van der Waals surface area (Å²) in [6, 6.07) is 9.62. The van der Waals surface area contributed by atoms with E-state index in [0.717, 1.165) is 29.6 Å². The van der Waals surface area contributed by atoms with Crippen molar-refractivity contribution in [1.82, 2.24) is 10.3 Å². The van der Waals surface area contributed by atoms with Gasteiger partial charge in [0.05, 0.1) is 5.52 Å². The van der Waals surface area contributed by atoms with Crippen LogP contribution < -0.4 is 5.32 Å². The lowest BCUT2D eigenvalue weighted by Crippen LogP contribution is -2.24. The van der Waals surface area contributed by atoms with Gasteiger partial charge in [0.15, 0.2) is 0 Å². The fourth-order valence-corrected chi connectivity index (χ4v) is 2.03. The lowest BCUT2D eigenvalue weighted by molar-refractivity contribution is -0.121. The van der Waals surface area contributed by atoms with Gasteiger partial charge in [-0.05, 0) is 31.0 Å². The normalized spacial score (nSPS) is 10.6. The number of pyridine rings is 1. The summed E-state index contributed by atoms with van der Waals surface area (Å²) in [6.07, 6.45) is 2.08. The molecule has 0 radical (unpaired) electrons. The molecule has 1 heterocycles. The molecule has 2 rings (SSSR count). The average Bonchev–Trinajstić information content (AvgIpc) is 2.42. The third-order valence-electron chi connectivity index (χ3n) is 2.89. The summed E-state index contributed by atoms with van der Waals surface area (Å²) in [5.41, 5.74) is 1.79.